The lowest BCUT2D eigenvalue weighted by atomic mass is 9.92. The first-order chi connectivity index (χ1) is 12.9. The van der Waals surface area contributed by atoms with E-state index in [0.29, 0.717) is 10.8 Å². The van der Waals surface area contributed by atoms with Gasteiger partial charge in [0.15, 0.2) is 5.16 Å². The van der Waals surface area contributed by atoms with Crippen molar-refractivity contribution in [2.45, 2.75) is 37.8 Å². The van der Waals surface area contributed by atoms with Gasteiger partial charge in [-0.3, -0.25) is 14.4 Å². The number of aryl methyl sites for hydroxylation is 1. The molecule has 2 amide bonds. The molecule has 142 valence electrons. The van der Waals surface area contributed by atoms with E-state index in [1.165, 1.54) is 11.8 Å². The normalized spacial score (nSPS) is 15.8. The fourth-order valence-electron chi connectivity index (χ4n) is 2.83. The molecule has 0 fully saturated rings. The Morgan fingerprint density at radius 1 is 1.41 bits per heavy atom. The Bertz CT molecular complexity index is 960. The molecular formula is C18H19BrN4O3S. The Kier molecular flexibility index (Phi) is 6.01. The first-order valence-corrected chi connectivity index (χ1v) is 10.3. The van der Waals surface area contributed by atoms with E-state index in [4.69, 9.17) is 0 Å². The van der Waals surface area contributed by atoms with Crippen molar-refractivity contribution in [3.63, 3.8) is 0 Å². The summed E-state index contributed by atoms with van der Waals surface area (Å²) in [6.07, 6.45) is 0.829. The average molecular weight is 451 g/mol. The summed E-state index contributed by atoms with van der Waals surface area (Å²) < 4.78 is 0.901. The highest BCUT2D eigenvalue weighted by atomic mass is 79.9. The first kappa shape index (κ1) is 19.6. The summed E-state index contributed by atoms with van der Waals surface area (Å²) in [7, 11) is 0. The lowest BCUT2D eigenvalue weighted by molar-refractivity contribution is -0.123. The zero-order valence-corrected chi connectivity index (χ0v) is 17.3. The van der Waals surface area contributed by atoms with Crippen molar-refractivity contribution in [2.75, 3.05) is 16.4 Å². The highest BCUT2D eigenvalue weighted by Gasteiger charge is 2.34. The number of aromatic nitrogens is 2. The zero-order valence-electron chi connectivity index (χ0n) is 14.9. The fraction of sp³-hybridized carbons (Fsp3) is 0.333. The van der Waals surface area contributed by atoms with Crippen molar-refractivity contribution < 1.29 is 9.59 Å². The maximum Gasteiger partial charge on any atom is 0.257 e. The molecule has 0 unspecified atom stereocenters. The van der Waals surface area contributed by atoms with Crippen LogP contribution < -0.4 is 16.2 Å². The number of fused-ring (bicyclic) bond motifs is 1. The number of carbonyl (C=O) groups excluding carboxylic acids is 2. The van der Waals surface area contributed by atoms with Gasteiger partial charge in [-0.15, -0.1) is 0 Å². The van der Waals surface area contributed by atoms with Gasteiger partial charge in [0.1, 0.15) is 5.82 Å². The van der Waals surface area contributed by atoms with Crippen LogP contribution >= 0.6 is 27.7 Å². The monoisotopic (exact) mass is 450 g/mol. The number of halogens is 1. The second kappa shape index (κ2) is 8.26. The van der Waals surface area contributed by atoms with Gasteiger partial charge in [-0.2, -0.15) is 0 Å². The summed E-state index contributed by atoms with van der Waals surface area (Å²) in [4.78, 5) is 44.5. The molecule has 1 atom stereocenters. The van der Waals surface area contributed by atoms with Gasteiger partial charge < -0.3 is 15.6 Å². The quantitative estimate of drug-likeness (QED) is 0.478. The van der Waals surface area contributed by atoms with Crippen LogP contribution in [0.15, 0.2) is 32.6 Å². The van der Waals surface area contributed by atoms with E-state index in [-0.39, 0.29) is 23.7 Å². The highest BCUT2D eigenvalue weighted by molar-refractivity contribution is 9.10. The number of thioether (sulfide) groups is 1. The van der Waals surface area contributed by atoms with Crippen LogP contribution in [-0.4, -0.2) is 27.5 Å². The molecule has 2 heterocycles. The molecule has 1 aliphatic heterocycles. The number of nitrogens with one attached hydrogen (secondary N) is 3. The van der Waals surface area contributed by atoms with Crippen molar-refractivity contribution >= 4 is 51.0 Å². The van der Waals surface area contributed by atoms with Gasteiger partial charge in [0.25, 0.3) is 5.56 Å². The molecule has 9 heteroatoms. The Labute approximate surface area is 168 Å². The third-order valence-electron chi connectivity index (χ3n) is 4.14. The minimum absolute atomic E-state index is 0.0966. The lowest BCUT2D eigenvalue weighted by Gasteiger charge is -2.23. The SMILES string of the molecule is CCCSc1nc2c(c(=O)[nH]1)[C@H](C(=O)Nc1ccc(Br)cc1C)CC(=O)N2. The van der Waals surface area contributed by atoms with Crippen LogP contribution in [0.3, 0.4) is 0 Å². The molecule has 3 rings (SSSR count). The number of H-pyrrole nitrogens is 1. The van der Waals surface area contributed by atoms with Crippen LogP contribution in [0.1, 0.15) is 36.8 Å². The number of aromatic amines is 1. The van der Waals surface area contributed by atoms with E-state index in [9.17, 15) is 14.4 Å². The highest BCUT2D eigenvalue weighted by Crippen LogP contribution is 2.31. The van der Waals surface area contributed by atoms with E-state index in [1.807, 2.05) is 26.0 Å². The van der Waals surface area contributed by atoms with Gasteiger partial charge in [0, 0.05) is 22.3 Å². The molecule has 0 spiro atoms. The van der Waals surface area contributed by atoms with Crippen LogP contribution in [0.25, 0.3) is 0 Å². The lowest BCUT2D eigenvalue weighted by Crippen LogP contribution is -2.36. The first-order valence-electron chi connectivity index (χ1n) is 8.53. The Balaban J connectivity index is 1.92. The van der Waals surface area contributed by atoms with Crippen molar-refractivity contribution in [3.05, 3.63) is 44.2 Å². The summed E-state index contributed by atoms with van der Waals surface area (Å²) >= 11 is 4.78. The number of hydrogen-bond donors (Lipinski definition) is 3. The maximum atomic E-state index is 12.8. The predicted molar refractivity (Wildman–Crippen MR) is 109 cm³/mol. The van der Waals surface area contributed by atoms with Crippen molar-refractivity contribution in [2.24, 2.45) is 0 Å². The summed E-state index contributed by atoms with van der Waals surface area (Å²) in [5.41, 5.74) is 1.31. The molecule has 1 aliphatic rings. The minimum Gasteiger partial charge on any atom is -0.325 e. The summed E-state index contributed by atoms with van der Waals surface area (Å²) in [5.74, 6) is -0.667. The van der Waals surface area contributed by atoms with Gasteiger partial charge in [0.2, 0.25) is 11.8 Å². The summed E-state index contributed by atoms with van der Waals surface area (Å²) in [6.45, 7) is 3.89. The molecule has 27 heavy (non-hydrogen) atoms. The van der Waals surface area contributed by atoms with Crippen LogP contribution in [0, 0.1) is 6.92 Å². The Morgan fingerprint density at radius 3 is 2.89 bits per heavy atom. The molecule has 0 saturated heterocycles. The second-order valence-corrected chi connectivity index (χ2v) is 8.23. The van der Waals surface area contributed by atoms with Gasteiger partial charge in [0.05, 0.1) is 11.5 Å². The summed E-state index contributed by atoms with van der Waals surface area (Å²) in [6, 6.07) is 5.46. The molecule has 2 aromatic rings. The molecule has 3 N–H and O–H groups in total. The number of carbonyl (C=O) groups is 2. The van der Waals surface area contributed by atoms with E-state index in [1.54, 1.807) is 6.07 Å². The van der Waals surface area contributed by atoms with Crippen molar-refractivity contribution in [3.8, 4) is 0 Å². The van der Waals surface area contributed by atoms with Gasteiger partial charge >= 0.3 is 0 Å². The number of amides is 2. The molecule has 0 aliphatic carbocycles. The number of rotatable bonds is 5. The number of anilines is 2. The molecule has 7 nitrogen and oxygen atoms in total. The van der Waals surface area contributed by atoms with E-state index in [2.05, 4.69) is 36.5 Å². The Morgan fingerprint density at radius 2 is 2.19 bits per heavy atom. The topological polar surface area (TPSA) is 104 Å². The molecular weight excluding hydrogens is 432 g/mol. The minimum atomic E-state index is -0.890. The molecule has 1 aromatic heterocycles. The van der Waals surface area contributed by atoms with Crippen LogP contribution in [-0.2, 0) is 9.59 Å². The summed E-state index contributed by atoms with van der Waals surface area (Å²) in [5, 5.41) is 5.87. The second-order valence-electron chi connectivity index (χ2n) is 6.24. The van der Waals surface area contributed by atoms with E-state index in [0.717, 1.165) is 22.2 Å². The van der Waals surface area contributed by atoms with Gasteiger partial charge in [-0.25, -0.2) is 4.98 Å². The molecule has 1 aromatic carbocycles. The van der Waals surface area contributed by atoms with Crippen LogP contribution in [0.5, 0.6) is 0 Å². The van der Waals surface area contributed by atoms with Gasteiger partial charge in [-0.05, 0) is 37.1 Å². The van der Waals surface area contributed by atoms with E-state index < -0.39 is 17.4 Å². The fourth-order valence-corrected chi connectivity index (χ4v) is 4.02. The molecule has 0 radical (unpaired) electrons. The maximum absolute atomic E-state index is 12.8. The van der Waals surface area contributed by atoms with Crippen LogP contribution in [0.2, 0.25) is 0 Å². The van der Waals surface area contributed by atoms with E-state index >= 15 is 0 Å². The smallest absolute Gasteiger partial charge is 0.257 e. The molecule has 0 saturated carbocycles. The Hall–Kier alpha value is -2.13. The predicted octanol–water partition coefficient (Wildman–Crippen LogP) is 3.41. The number of nitrogens with zero attached hydrogens (tertiary/aromatic N) is 1. The number of hydrogen-bond acceptors (Lipinski definition) is 5. The van der Waals surface area contributed by atoms with Crippen LogP contribution in [0.4, 0.5) is 11.5 Å². The number of benzene rings is 1. The van der Waals surface area contributed by atoms with Crippen molar-refractivity contribution in [1.29, 1.82) is 0 Å². The third-order valence-corrected chi connectivity index (χ3v) is 5.71. The standard InChI is InChI=1S/C18H19BrN4O3S/c1-3-6-27-18-22-15-14(17(26)23-18)11(8-13(24)21-15)16(25)20-12-5-4-10(19)7-9(12)2/h4-5,7,11H,3,6,8H2,1-2H3,(H,20,25)(H2,21,22,23,24,26)/t11-/m1/s1. The van der Waals surface area contributed by atoms with Crippen molar-refractivity contribution in [1.82, 2.24) is 9.97 Å². The largest absolute Gasteiger partial charge is 0.325 e. The average Bonchev–Trinajstić information content (AvgIpc) is 2.61. The molecule has 0 bridgehead atoms. The third kappa shape index (κ3) is 4.41. The van der Waals surface area contributed by atoms with Gasteiger partial charge in [-0.1, -0.05) is 34.6 Å². The zero-order chi connectivity index (χ0) is 19.6.